The topological polar surface area (TPSA) is 25.8 Å². The van der Waals surface area contributed by atoms with Gasteiger partial charge in [0.1, 0.15) is 5.82 Å². The fourth-order valence-corrected chi connectivity index (χ4v) is 2.77. The molecular formula is C8H13ClN2S2. The highest BCUT2D eigenvalue weighted by atomic mass is 35.5. The molecule has 0 aliphatic rings. The maximum absolute atomic E-state index is 5.57. The molecule has 0 fully saturated rings. The Morgan fingerprint density at radius 3 is 2.85 bits per heavy atom. The van der Waals surface area contributed by atoms with Gasteiger partial charge in [0.15, 0.2) is 4.34 Å². The largest absolute Gasteiger partial charge is 0.213 e. The van der Waals surface area contributed by atoms with Crippen molar-refractivity contribution in [3.63, 3.8) is 0 Å². The third-order valence-electron chi connectivity index (χ3n) is 1.51. The zero-order valence-corrected chi connectivity index (χ0v) is 10.0. The zero-order valence-electron chi connectivity index (χ0n) is 7.62. The second kappa shape index (κ2) is 6.62. The van der Waals surface area contributed by atoms with Crippen molar-refractivity contribution in [3.05, 3.63) is 5.82 Å². The summed E-state index contributed by atoms with van der Waals surface area (Å²) in [4.78, 5) is 4.27. The molecule has 0 atom stereocenters. The van der Waals surface area contributed by atoms with Crippen LogP contribution in [0.15, 0.2) is 4.34 Å². The van der Waals surface area contributed by atoms with Crippen LogP contribution in [0.5, 0.6) is 0 Å². The quantitative estimate of drug-likeness (QED) is 0.430. The van der Waals surface area contributed by atoms with Crippen molar-refractivity contribution in [1.29, 1.82) is 0 Å². The molecule has 13 heavy (non-hydrogen) atoms. The smallest absolute Gasteiger partial charge is 0.170 e. The van der Waals surface area contributed by atoms with Crippen molar-refractivity contribution in [2.24, 2.45) is 0 Å². The van der Waals surface area contributed by atoms with E-state index in [4.69, 9.17) is 11.6 Å². The maximum atomic E-state index is 5.57. The van der Waals surface area contributed by atoms with E-state index in [1.165, 1.54) is 24.4 Å². The number of aryl methyl sites for hydroxylation is 1. The second-order valence-electron chi connectivity index (χ2n) is 2.71. The van der Waals surface area contributed by atoms with Crippen molar-refractivity contribution in [3.8, 4) is 0 Å². The molecule has 1 heterocycles. The SMILES string of the molecule is Cc1nsc(SCCCCCCl)n1. The number of alkyl halides is 1. The molecule has 0 amide bonds. The molecule has 1 aromatic rings. The van der Waals surface area contributed by atoms with Crippen LogP contribution in [0.4, 0.5) is 0 Å². The monoisotopic (exact) mass is 236 g/mol. The summed E-state index contributed by atoms with van der Waals surface area (Å²) in [7, 11) is 0. The molecule has 5 heteroatoms. The van der Waals surface area contributed by atoms with Gasteiger partial charge < -0.3 is 0 Å². The lowest BCUT2D eigenvalue weighted by molar-refractivity contribution is 0.783. The number of nitrogens with zero attached hydrogens (tertiary/aromatic N) is 2. The predicted molar refractivity (Wildman–Crippen MR) is 59.9 cm³/mol. The molecule has 0 aromatic carbocycles. The molecule has 0 radical (unpaired) electrons. The molecule has 0 bridgehead atoms. The van der Waals surface area contributed by atoms with Crippen molar-refractivity contribution >= 4 is 34.9 Å². The minimum absolute atomic E-state index is 0.780. The molecule has 0 N–H and O–H groups in total. The lowest BCUT2D eigenvalue weighted by atomic mass is 10.3. The van der Waals surface area contributed by atoms with Gasteiger partial charge in [0.2, 0.25) is 0 Å². The number of halogens is 1. The van der Waals surface area contributed by atoms with Crippen LogP contribution < -0.4 is 0 Å². The summed E-state index contributed by atoms with van der Waals surface area (Å²) in [6, 6.07) is 0. The van der Waals surface area contributed by atoms with E-state index in [0.29, 0.717) is 0 Å². The molecule has 2 nitrogen and oxygen atoms in total. The highest BCUT2D eigenvalue weighted by Gasteiger charge is 1.99. The van der Waals surface area contributed by atoms with Gasteiger partial charge in [-0.3, -0.25) is 0 Å². The molecule has 0 saturated carbocycles. The number of hydrogen-bond donors (Lipinski definition) is 0. The zero-order chi connectivity index (χ0) is 9.52. The fourth-order valence-electron chi connectivity index (χ4n) is 0.869. The van der Waals surface area contributed by atoms with Gasteiger partial charge in [0, 0.05) is 11.6 Å². The number of unbranched alkanes of at least 4 members (excludes halogenated alkanes) is 2. The Balaban J connectivity index is 2.06. The van der Waals surface area contributed by atoms with E-state index >= 15 is 0 Å². The number of aromatic nitrogens is 2. The predicted octanol–water partition coefficient (Wildman–Crippen LogP) is 3.35. The van der Waals surface area contributed by atoms with E-state index < -0.39 is 0 Å². The van der Waals surface area contributed by atoms with Crippen molar-refractivity contribution in [1.82, 2.24) is 9.36 Å². The first-order chi connectivity index (χ1) is 6.33. The minimum Gasteiger partial charge on any atom is -0.213 e. The number of hydrogen-bond acceptors (Lipinski definition) is 4. The molecule has 0 aliphatic carbocycles. The summed E-state index contributed by atoms with van der Waals surface area (Å²) >= 11 is 8.86. The molecule has 74 valence electrons. The third-order valence-corrected chi connectivity index (χ3v) is 3.79. The number of rotatable bonds is 6. The minimum atomic E-state index is 0.780. The van der Waals surface area contributed by atoms with E-state index in [9.17, 15) is 0 Å². The van der Waals surface area contributed by atoms with Crippen LogP contribution in [0.2, 0.25) is 0 Å². The summed E-state index contributed by atoms with van der Waals surface area (Å²) in [5, 5.41) is 0. The molecule has 0 aliphatic heterocycles. The van der Waals surface area contributed by atoms with E-state index in [-0.39, 0.29) is 0 Å². The molecule has 1 rings (SSSR count). The lowest BCUT2D eigenvalue weighted by Gasteiger charge is -1.95. The molecule has 0 saturated heterocycles. The van der Waals surface area contributed by atoms with E-state index in [1.54, 1.807) is 11.8 Å². The van der Waals surface area contributed by atoms with Crippen LogP contribution in [-0.4, -0.2) is 21.0 Å². The molecule has 1 aromatic heterocycles. The first-order valence-electron chi connectivity index (χ1n) is 4.32. The summed E-state index contributed by atoms with van der Waals surface area (Å²) in [5.41, 5.74) is 0. The van der Waals surface area contributed by atoms with E-state index in [0.717, 1.165) is 28.2 Å². The Labute approximate surface area is 92.3 Å². The molecule has 0 spiro atoms. The first kappa shape index (κ1) is 11.3. The Hall–Kier alpha value is 0.200. The Morgan fingerprint density at radius 2 is 2.23 bits per heavy atom. The number of thioether (sulfide) groups is 1. The van der Waals surface area contributed by atoms with Gasteiger partial charge in [-0.25, -0.2) is 4.98 Å². The maximum Gasteiger partial charge on any atom is 0.170 e. The first-order valence-corrected chi connectivity index (χ1v) is 6.61. The van der Waals surface area contributed by atoms with Crippen LogP contribution in [0.3, 0.4) is 0 Å². The van der Waals surface area contributed by atoms with Gasteiger partial charge in [-0.05, 0) is 31.3 Å². The van der Waals surface area contributed by atoms with Gasteiger partial charge in [0.05, 0.1) is 0 Å². The van der Waals surface area contributed by atoms with Crippen LogP contribution >= 0.6 is 34.9 Å². The van der Waals surface area contributed by atoms with Crippen LogP contribution in [0, 0.1) is 6.92 Å². The van der Waals surface area contributed by atoms with Gasteiger partial charge >= 0.3 is 0 Å². The Kier molecular flexibility index (Phi) is 5.75. The normalized spacial score (nSPS) is 10.6. The Bertz CT molecular complexity index is 240. The van der Waals surface area contributed by atoms with Crippen LogP contribution in [0.1, 0.15) is 25.1 Å². The van der Waals surface area contributed by atoms with Crippen molar-refractivity contribution in [2.75, 3.05) is 11.6 Å². The van der Waals surface area contributed by atoms with Crippen molar-refractivity contribution < 1.29 is 0 Å². The van der Waals surface area contributed by atoms with Gasteiger partial charge in [0.25, 0.3) is 0 Å². The summed E-state index contributed by atoms with van der Waals surface area (Å²) < 4.78 is 5.21. The second-order valence-corrected chi connectivity index (χ2v) is 5.18. The average molecular weight is 237 g/mol. The molecule has 0 unspecified atom stereocenters. The third kappa shape index (κ3) is 4.84. The van der Waals surface area contributed by atoms with Gasteiger partial charge in [-0.2, -0.15) is 4.37 Å². The van der Waals surface area contributed by atoms with Crippen LogP contribution in [0.25, 0.3) is 0 Å². The summed E-state index contributed by atoms with van der Waals surface area (Å²) in [5.74, 6) is 2.79. The van der Waals surface area contributed by atoms with Gasteiger partial charge in [-0.1, -0.05) is 18.2 Å². The summed E-state index contributed by atoms with van der Waals surface area (Å²) in [6.07, 6.45) is 3.56. The summed E-state index contributed by atoms with van der Waals surface area (Å²) in [6.45, 7) is 1.92. The molecular weight excluding hydrogens is 224 g/mol. The van der Waals surface area contributed by atoms with E-state index in [1.807, 2.05) is 6.92 Å². The Morgan fingerprint density at radius 1 is 1.38 bits per heavy atom. The lowest BCUT2D eigenvalue weighted by Crippen LogP contribution is -1.82. The van der Waals surface area contributed by atoms with E-state index in [2.05, 4.69) is 9.36 Å². The van der Waals surface area contributed by atoms with Crippen molar-refractivity contribution in [2.45, 2.75) is 30.5 Å². The highest BCUT2D eigenvalue weighted by molar-refractivity contribution is 8.00. The standard InChI is InChI=1S/C8H13ClN2S2/c1-7-10-8(13-11-7)12-6-4-2-3-5-9/h2-6H2,1H3. The fraction of sp³-hybridized carbons (Fsp3) is 0.750. The average Bonchev–Trinajstić information content (AvgIpc) is 2.51. The highest BCUT2D eigenvalue weighted by Crippen LogP contribution is 2.21. The van der Waals surface area contributed by atoms with Gasteiger partial charge in [-0.15, -0.1) is 11.6 Å². The van der Waals surface area contributed by atoms with Crippen LogP contribution in [-0.2, 0) is 0 Å².